The fraction of sp³-hybridized carbons (Fsp3) is 0.538. The van der Waals surface area contributed by atoms with Gasteiger partial charge in [-0.3, -0.25) is 0 Å². The number of hydrogen-bond acceptors (Lipinski definition) is 5. The van der Waals surface area contributed by atoms with Crippen LogP contribution in [0.3, 0.4) is 0 Å². The van der Waals surface area contributed by atoms with Gasteiger partial charge in [0.1, 0.15) is 16.5 Å². The molecule has 1 saturated heterocycles. The van der Waals surface area contributed by atoms with Gasteiger partial charge in [0.25, 0.3) is 0 Å². The Bertz CT molecular complexity index is 599. The zero-order valence-electron chi connectivity index (χ0n) is 11.3. The summed E-state index contributed by atoms with van der Waals surface area (Å²) in [5.41, 5.74) is 0.486. The highest BCUT2D eigenvalue weighted by Gasteiger charge is 2.35. The average molecular weight is 321 g/mol. The third kappa shape index (κ3) is 2.87. The van der Waals surface area contributed by atoms with Gasteiger partial charge in [-0.05, 0) is 18.6 Å². The van der Waals surface area contributed by atoms with E-state index in [-0.39, 0.29) is 22.4 Å². The van der Waals surface area contributed by atoms with Crippen LogP contribution in [0.15, 0.2) is 12.1 Å². The van der Waals surface area contributed by atoms with Crippen LogP contribution in [0.5, 0.6) is 11.5 Å². The van der Waals surface area contributed by atoms with E-state index in [2.05, 4.69) is 0 Å². The van der Waals surface area contributed by atoms with E-state index < -0.39 is 15.9 Å². The molecule has 5 nitrogen and oxygen atoms in total. The summed E-state index contributed by atoms with van der Waals surface area (Å²) in [6.07, 6.45) is -0.485. The van der Waals surface area contributed by atoms with Crippen LogP contribution in [0.1, 0.15) is 18.1 Å². The molecule has 7 heteroatoms. The third-order valence-electron chi connectivity index (χ3n) is 3.55. The highest BCUT2D eigenvalue weighted by molar-refractivity contribution is 7.91. The van der Waals surface area contributed by atoms with E-state index in [1.165, 1.54) is 14.2 Å². The number of ether oxygens (including phenoxy) is 2. The van der Waals surface area contributed by atoms with Crippen molar-refractivity contribution in [1.29, 1.82) is 0 Å². The number of methoxy groups -OCH3 is 2. The maximum atomic E-state index is 11.5. The lowest BCUT2D eigenvalue weighted by molar-refractivity contribution is 0.118. The van der Waals surface area contributed by atoms with Crippen LogP contribution in [0.4, 0.5) is 0 Å². The topological polar surface area (TPSA) is 72.8 Å². The number of aliphatic hydroxyl groups excluding tert-OH is 1. The van der Waals surface area contributed by atoms with Gasteiger partial charge in [-0.1, -0.05) is 11.6 Å². The van der Waals surface area contributed by atoms with Crippen LogP contribution in [-0.2, 0) is 9.84 Å². The molecule has 2 unspecified atom stereocenters. The summed E-state index contributed by atoms with van der Waals surface area (Å²) in [6.45, 7) is 0. The van der Waals surface area contributed by atoms with Gasteiger partial charge in [-0.15, -0.1) is 0 Å². The van der Waals surface area contributed by atoms with E-state index in [4.69, 9.17) is 21.1 Å². The van der Waals surface area contributed by atoms with Crippen LogP contribution in [0.25, 0.3) is 0 Å². The number of benzene rings is 1. The number of rotatable bonds is 4. The van der Waals surface area contributed by atoms with E-state index in [0.717, 1.165) is 0 Å². The summed E-state index contributed by atoms with van der Waals surface area (Å²) in [7, 11) is -0.116. The molecule has 0 amide bonds. The number of sulfone groups is 1. The summed E-state index contributed by atoms with van der Waals surface area (Å²) in [4.78, 5) is 0. The molecule has 0 aromatic heterocycles. The Labute approximate surface area is 123 Å². The molecule has 0 bridgehead atoms. The lowest BCUT2D eigenvalue weighted by Gasteiger charge is -2.21. The van der Waals surface area contributed by atoms with Crippen molar-refractivity contribution < 1.29 is 23.0 Å². The SMILES string of the molecule is COc1ccc(C(O)C2CCS(=O)(=O)C2)c(OC)c1Cl. The van der Waals surface area contributed by atoms with E-state index in [0.29, 0.717) is 23.5 Å². The quantitative estimate of drug-likeness (QED) is 0.916. The van der Waals surface area contributed by atoms with E-state index >= 15 is 0 Å². The fourth-order valence-electron chi connectivity index (χ4n) is 2.48. The van der Waals surface area contributed by atoms with Crippen LogP contribution in [0, 0.1) is 5.92 Å². The van der Waals surface area contributed by atoms with Crippen molar-refractivity contribution in [3.05, 3.63) is 22.7 Å². The molecule has 1 aromatic rings. The van der Waals surface area contributed by atoms with Gasteiger partial charge in [0.2, 0.25) is 0 Å². The van der Waals surface area contributed by atoms with Gasteiger partial charge >= 0.3 is 0 Å². The van der Waals surface area contributed by atoms with Crippen molar-refractivity contribution in [1.82, 2.24) is 0 Å². The highest BCUT2D eigenvalue weighted by Crippen LogP contribution is 2.42. The minimum Gasteiger partial charge on any atom is -0.495 e. The molecule has 1 aromatic carbocycles. The summed E-state index contributed by atoms with van der Waals surface area (Å²) in [6, 6.07) is 3.28. The van der Waals surface area contributed by atoms with Gasteiger partial charge < -0.3 is 14.6 Å². The smallest absolute Gasteiger partial charge is 0.150 e. The summed E-state index contributed by atoms with van der Waals surface area (Å²) in [5, 5.41) is 10.7. The third-order valence-corrected chi connectivity index (χ3v) is 5.70. The first-order valence-corrected chi connectivity index (χ1v) is 8.38. The number of hydrogen-bond donors (Lipinski definition) is 1. The minimum absolute atomic E-state index is 0.0129. The minimum atomic E-state index is -3.05. The lowest BCUT2D eigenvalue weighted by atomic mass is 9.94. The second kappa shape index (κ2) is 5.79. The second-order valence-electron chi connectivity index (χ2n) is 4.81. The normalized spacial score (nSPS) is 22.5. The van der Waals surface area contributed by atoms with Crippen molar-refractivity contribution in [2.75, 3.05) is 25.7 Å². The molecule has 1 heterocycles. The maximum Gasteiger partial charge on any atom is 0.150 e. The molecule has 112 valence electrons. The Morgan fingerprint density at radius 2 is 2.05 bits per heavy atom. The predicted octanol–water partition coefficient (Wildman–Crippen LogP) is 1.83. The molecular weight excluding hydrogens is 304 g/mol. The summed E-state index contributed by atoms with van der Waals surface area (Å²) >= 11 is 6.14. The van der Waals surface area contributed by atoms with Crippen LogP contribution in [0.2, 0.25) is 5.02 Å². The van der Waals surface area contributed by atoms with Gasteiger partial charge in [0.05, 0.1) is 31.8 Å². The molecule has 0 aliphatic carbocycles. The zero-order valence-corrected chi connectivity index (χ0v) is 12.9. The average Bonchev–Trinajstić information content (AvgIpc) is 2.78. The molecule has 20 heavy (non-hydrogen) atoms. The molecule has 0 saturated carbocycles. The molecule has 2 rings (SSSR count). The van der Waals surface area contributed by atoms with E-state index in [1.54, 1.807) is 12.1 Å². The standard InChI is InChI=1S/C13H17ClO5S/c1-18-10-4-3-9(13(19-2)11(10)14)12(15)8-5-6-20(16,17)7-8/h3-4,8,12,15H,5-7H2,1-2H3. The van der Waals surface area contributed by atoms with Crippen molar-refractivity contribution >= 4 is 21.4 Å². The second-order valence-corrected chi connectivity index (χ2v) is 7.42. The molecule has 0 radical (unpaired) electrons. The van der Waals surface area contributed by atoms with Gasteiger partial charge in [-0.2, -0.15) is 0 Å². The van der Waals surface area contributed by atoms with Gasteiger partial charge in [0, 0.05) is 11.5 Å². The first-order valence-electron chi connectivity index (χ1n) is 6.18. The Balaban J connectivity index is 2.35. The Hall–Kier alpha value is -0.980. The van der Waals surface area contributed by atoms with Crippen molar-refractivity contribution in [2.45, 2.75) is 12.5 Å². The van der Waals surface area contributed by atoms with Crippen LogP contribution in [-0.4, -0.2) is 39.2 Å². The summed E-state index contributed by atoms with van der Waals surface area (Å²) < 4.78 is 33.3. The Morgan fingerprint density at radius 3 is 2.55 bits per heavy atom. The largest absolute Gasteiger partial charge is 0.495 e. The fourth-order valence-corrected chi connectivity index (χ4v) is 4.63. The number of halogens is 1. The van der Waals surface area contributed by atoms with E-state index in [1.807, 2.05) is 0 Å². The van der Waals surface area contributed by atoms with Gasteiger partial charge in [-0.25, -0.2) is 8.42 Å². The first-order chi connectivity index (χ1) is 9.39. The molecule has 0 spiro atoms. The monoisotopic (exact) mass is 320 g/mol. The predicted molar refractivity (Wildman–Crippen MR) is 76.3 cm³/mol. The van der Waals surface area contributed by atoms with Crippen LogP contribution < -0.4 is 9.47 Å². The number of aliphatic hydroxyl groups is 1. The molecule has 2 atom stereocenters. The first kappa shape index (κ1) is 15.4. The zero-order chi connectivity index (χ0) is 14.9. The van der Waals surface area contributed by atoms with Crippen molar-refractivity contribution in [3.8, 4) is 11.5 Å². The Morgan fingerprint density at radius 1 is 1.35 bits per heavy atom. The Kier molecular flexibility index (Phi) is 4.46. The summed E-state index contributed by atoms with van der Waals surface area (Å²) in [5.74, 6) is 0.529. The van der Waals surface area contributed by atoms with Gasteiger partial charge in [0.15, 0.2) is 9.84 Å². The molecular formula is C13H17ClO5S. The van der Waals surface area contributed by atoms with Crippen LogP contribution >= 0.6 is 11.6 Å². The van der Waals surface area contributed by atoms with Crippen molar-refractivity contribution in [2.24, 2.45) is 5.92 Å². The molecule has 1 fully saturated rings. The maximum absolute atomic E-state index is 11.5. The molecule has 1 aliphatic rings. The molecule has 1 N–H and O–H groups in total. The molecule has 1 aliphatic heterocycles. The highest BCUT2D eigenvalue weighted by atomic mass is 35.5. The lowest BCUT2D eigenvalue weighted by Crippen LogP contribution is -2.15. The van der Waals surface area contributed by atoms with E-state index in [9.17, 15) is 13.5 Å². The van der Waals surface area contributed by atoms with Crippen molar-refractivity contribution in [3.63, 3.8) is 0 Å².